The smallest absolute Gasteiger partial charge is 0.341 e. The number of aliphatic hydroxyl groups is 1. The summed E-state index contributed by atoms with van der Waals surface area (Å²) in [5, 5.41) is 9.44. The molecule has 1 atom stereocenters. The molecule has 1 aliphatic rings. The molecule has 1 aliphatic heterocycles. The predicted octanol–water partition coefficient (Wildman–Crippen LogP) is -0.0464. The maximum atomic E-state index is 11.1. The Hall–Kier alpha value is -1.16. The van der Waals surface area contributed by atoms with Gasteiger partial charge in [-0.05, 0) is 13.0 Å². The van der Waals surface area contributed by atoms with Crippen LogP contribution in [0.5, 0.6) is 0 Å². The summed E-state index contributed by atoms with van der Waals surface area (Å²) in [4.78, 5) is 11.1. The summed E-state index contributed by atoms with van der Waals surface area (Å²) in [5.41, 5.74) is 0. The number of allylic oxidation sites excluding steroid dienone is 1. The Kier molecular flexibility index (Phi) is 4.32. The molecule has 0 aromatic rings. The first kappa shape index (κ1) is 10.9. The van der Waals surface area contributed by atoms with Gasteiger partial charge < -0.3 is 9.84 Å². The fourth-order valence-corrected chi connectivity index (χ4v) is 1.28. The maximum Gasteiger partial charge on any atom is 0.341 e. The number of aliphatic hydroxyl groups excluding tert-OH is 1. The molecule has 0 fully saturated rings. The highest BCUT2D eigenvalue weighted by atomic mass is 16.5. The van der Waals surface area contributed by atoms with Crippen LogP contribution in [-0.4, -0.2) is 47.7 Å². The number of nitrogens with zero attached hydrogens (tertiary/aromatic N) is 1. The van der Waals surface area contributed by atoms with Crippen molar-refractivity contribution in [3.8, 4) is 0 Å². The molecule has 1 rings (SSSR count). The highest BCUT2D eigenvalue weighted by Crippen LogP contribution is 1.95. The van der Waals surface area contributed by atoms with Gasteiger partial charge in [0, 0.05) is 6.42 Å². The molecular weight excluding hydrogens is 182 g/mol. The summed E-state index contributed by atoms with van der Waals surface area (Å²) in [6.07, 6.45) is 5.74. The van der Waals surface area contributed by atoms with E-state index in [0.717, 1.165) is 13.0 Å². The fraction of sp³-hybridized carbons (Fsp3) is 0.600. The Morgan fingerprint density at radius 1 is 1.71 bits per heavy atom. The van der Waals surface area contributed by atoms with E-state index in [4.69, 9.17) is 4.74 Å². The molecule has 4 heteroatoms. The molecule has 1 heterocycles. The summed E-state index contributed by atoms with van der Waals surface area (Å²) >= 11 is 0. The highest BCUT2D eigenvalue weighted by Gasteiger charge is 2.22. The first-order valence-corrected chi connectivity index (χ1v) is 4.82. The van der Waals surface area contributed by atoms with Crippen LogP contribution >= 0.6 is 0 Å². The second kappa shape index (κ2) is 5.54. The first-order valence-electron chi connectivity index (χ1n) is 4.82. The summed E-state index contributed by atoms with van der Waals surface area (Å²) < 4.78 is 6.60. The third-order valence-corrected chi connectivity index (χ3v) is 1.98. The molecule has 0 aliphatic carbocycles. The average molecular weight is 198 g/mol. The molecule has 0 saturated heterocycles. The predicted molar refractivity (Wildman–Crippen MR) is 52.5 cm³/mol. The third kappa shape index (κ3) is 3.30. The van der Waals surface area contributed by atoms with E-state index in [1.807, 2.05) is 22.9 Å². The molecule has 1 unspecified atom stereocenters. The lowest BCUT2D eigenvalue weighted by molar-refractivity contribution is -0.529. The van der Waals surface area contributed by atoms with E-state index >= 15 is 0 Å². The second-order valence-electron chi connectivity index (χ2n) is 3.13. The largest absolute Gasteiger partial charge is 0.464 e. The van der Waals surface area contributed by atoms with Crippen molar-refractivity contribution in [1.29, 1.82) is 0 Å². The topological polar surface area (TPSA) is 49.5 Å². The fourth-order valence-electron chi connectivity index (χ4n) is 1.28. The van der Waals surface area contributed by atoms with Gasteiger partial charge in [0.15, 0.2) is 12.8 Å². The standard InChI is InChI=1S/C10H16NO3/c1-2-14-10(13)9(12)8-11-6-4-3-5-7-11/h3-4,6,9,12H,2,5,7-8H2,1H3/q+1. The Morgan fingerprint density at radius 2 is 2.50 bits per heavy atom. The van der Waals surface area contributed by atoms with Gasteiger partial charge in [-0.2, -0.15) is 0 Å². The lowest BCUT2D eigenvalue weighted by Crippen LogP contribution is -2.34. The molecule has 78 valence electrons. The van der Waals surface area contributed by atoms with Crippen LogP contribution in [0.4, 0.5) is 0 Å². The third-order valence-electron chi connectivity index (χ3n) is 1.98. The molecule has 4 nitrogen and oxygen atoms in total. The van der Waals surface area contributed by atoms with Gasteiger partial charge in [0.1, 0.15) is 6.54 Å². The molecule has 0 radical (unpaired) electrons. The van der Waals surface area contributed by atoms with E-state index in [2.05, 4.69) is 0 Å². The van der Waals surface area contributed by atoms with Crippen molar-refractivity contribution in [2.75, 3.05) is 19.7 Å². The van der Waals surface area contributed by atoms with Crippen LogP contribution in [0.15, 0.2) is 12.2 Å². The Morgan fingerprint density at radius 3 is 3.07 bits per heavy atom. The number of carbonyl (C=O) groups is 1. The van der Waals surface area contributed by atoms with E-state index < -0.39 is 12.1 Å². The van der Waals surface area contributed by atoms with Crippen molar-refractivity contribution < 1.29 is 19.2 Å². The lowest BCUT2D eigenvalue weighted by atomic mass is 10.2. The molecule has 0 spiro atoms. The summed E-state index contributed by atoms with van der Waals surface area (Å²) in [6, 6.07) is 0. The number of rotatable bonds is 4. The van der Waals surface area contributed by atoms with E-state index in [-0.39, 0.29) is 0 Å². The van der Waals surface area contributed by atoms with E-state index in [1.54, 1.807) is 6.92 Å². The van der Waals surface area contributed by atoms with Crippen LogP contribution in [0.2, 0.25) is 0 Å². The van der Waals surface area contributed by atoms with Crippen LogP contribution in [0.3, 0.4) is 0 Å². The van der Waals surface area contributed by atoms with Crippen LogP contribution < -0.4 is 0 Å². The summed E-state index contributed by atoms with van der Waals surface area (Å²) in [5.74, 6) is -0.546. The monoisotopic (exact) mass is 198 g/mol. The number of esters is 1. The minimum Gasteiger partial charge on any atom is -0.464 e. The van der Waals surface area contributed by atoms with Crippen LogP contribution in [0.25, 0.3) is 0 Å². The zero-order valence-corrected chi connectivity index (χ0v) is 8.35. The molecule has 0 aromatic carbocycles. The molecule has 0 amide bonds. The number of β-amino-alcohol motifs (C(OH)–C–C–N with tert-alkyl or cyclic N) is 1. The Bertz CT molecular complexity index is 258. The van der Waals surface area contributed by atoms with Gasteiger partial charge in [-0.3, -0.25) is 0 Å². The minimum atomic E-state index is -1.04. The minimum absolute atomic E-state index is 0.305. The number of hydrogen-bond donors (Lipinski definition) is 1. The first-order chi connectivity index (χ1) is 6.74. The van der Waals surface area contributed by atoms with Gasteiger partial charge in [0.2, 0.25) is 6.10 Å². The highest BCUT2D eigenvalue weighted by molar-refractivity contribution is 5.74. The number of carbonyl (C=O) groups excluding carboxylic acids is 1. The van der Waals surface area contributed by atoms with Crippen molar-refractivity contribution in [3.05, 3.63) is 12.2 Å². The molecule has 0 saturated carbocycles. The van der Waals surface area contributed by atoms with E-state index in [1.165, 1.54) is 0 Å². The van der Waals surface area contributed by atoms with Crippen molar-refractivity contribution in [2.45, 2.75) is 19.4 Å². The van der Waals surface area contributed by atoms with Gasteiger partial charge in [0.05, 0.1) is 6.61 Å². The van der Waals surface area contributed by atoms with Crippen LogP contribution in [0, 0.1) is 0 Å². The van der Waals surface area contributed by atoms with Gasteiger partial charge in [0.25, 0.3) is 0 Å². The number of ether oxygens (including phenoxy) is 1. The van der Waals surface area contributed by atoms with Crippen molar-refractivity contribution in [2.24, 2.45) is 0 Å². The van der Waals surface area contributed by atoms with E-state index in [0.29, 0.717) is 13.2 Å². The molecule has 0 aromatic heterocycles. The lowest BCUT2D eigenvalue weighted by Gasteiger charge is -2.09. The van der Waals surface area contributed by atoms with Crippen LogP contribution in [0.1, 0.15) is 13.3 Å². The van der Waals surface area contributed by atoms with Crippen LogP contribution in [-0.2, 0) is 9.53 Å². The van der Waals surface area contributed by atoms with Crippen molar-refractivity contribution in [3.63, 3.8) is 0 Å². The SMILES string of the molecule is CCOC(=O)C(O)C[N+]1=CC=CCC1. The Balaban J connectivity index is 2.39. The van der Waals surface area contributed by atoms with Gasteiger partial charge in [-0.15, -0.1) is 0 Å². The zero-order valence-electron chi connectivity index (χ0n) is 8.35. The maximum absolute atomic E-state index is 11.1. The Labute approximate surface area is 83.5 Å². The van der Waals surface area contributed by atoms with Gasteiger partial charge in [-0.25, -0.2) is 9.37 Å². The normalized spacial score (nSPS) is 17.4. The molecule has 1 N–H and O–H groups in total. The molecule has 14 heavy (non-hydrogen) atoms. The number of hydrogen-bond acceptors (Lipinski definition) is 3. The van der Waals surface area contributed by atoms with Crippen molar-refractivity contribution in [1.82, 2.24) is 0 Å². The molecule has 0 bridgehead atoms. The quantitative estimate of drug-likeness (QED) is 0.509. The molecular formula is C10H16NO3+. The van der Waals surface area contributed by atoms with E-state index in [9.17, 15) is 9.90 Å². The van der Waals surface area contributed by atoms with Gasteiger partial charge >= 0.3 is 5.97 Å². The average Bonchev–Trinajstić information content (AvgIpc) is 2.19. The van der Waals surface area contributed by atoms with Gasteiger partial charge in [-0.1, -0.05) is 6.08 Å². The van der Waals surface area contributed by atoms with Crippen molar-refractivity contribution >= 4 is 12.2 Å². The summed E-state index contributed by atoms with van der Waals surface area (Å²) in [7, 11) is 0. The summed E-state index contributed by atoms with van der Waals surface area (Å²) in [6.45, 7) is 3.18. The second-order valence-corrected chi connectivity index (χ2v) is 3.13. The zero-order chi connectivity index (χ0) is 10.4.